The van der Waals surface area contributed by atoms with Crippen LogP contribution in [0.3, 0.4) is 0 Å². The molecular weight excluding hydrogens is 314 g/mol. The van der Waals surface area contributed by atoms with E-state index in [0.717, 1.165) is 42.0 Å². The van der Waals surface area contributed by atoms with E-state index in [1.54, 1.807) is 0 Å². The molecule has 5 nitrogen and oxygen atoms in total. The molecule has 2 amide bonds. The lowest BCUT2D eigenvalue weighted by Crippen LogP contribution is -2.40. The van der Waals surface area contributed by atoms with Crippen LogP contribution in [0, 0.1) is 0 Å². The van der Waals surface area contributed by atoms with Gasteiger partial charge in [0.25, 0.3) is 0 Å². The van der Waals surface area contributed by atoms with Crippen LogP contribution in [0.25, 0.3) is 0 Å². The molecule has 0 bridgehead atoms. The number of nitrogens with one attached hydrogen (secondary N) is 2. The van der Waals surface area contributed by atoms with Gasteiger partial charge in [-0.2, -0.15) is 5.10 Å². The lowest BCUT2D eigenvalue weighted by atomic mass is 9.88. The molecule has 1 saturated carbocycles. The highest BCUT2D eigenvalue weighted by Gasteiger charge is 2.41. The number of carbonyl (C=O) groups excluding carboxylic acids is 1. The number of fused-ring (bicyclic) bond motifs is 1. The van der Waals surface area contributed by atoms with Gasteiger partial charge >= 0.3 is 6.03 Å². The Bertz CT molecular complexity index is 796. The molecule has 1 aliphatic heterocycles. The lowest BCUT2D eigenvalue weighted by molar-refractivity contribution is 0.0779. The summed E-state index contributed by atoms with van der Waals surface area (Å²) < 4.78 is 6.30. The second-order valence-corrected chi connectivity index (χ2v) is 6.66. The van der Waals surface area contributed by atoms with E-state index in [-0.39, 0.29) is 11.6 Å². The Morgan fingerprint density at radius 3 is 2.52 bits per heavy atom. The van der Waals surface area contributed by atoms with Crippen molar-refractivity contribution in [2.45, 2.75) is 37.7 Å². The summed E-state index contributed by atoms with van der Waals surface area (Å²) in [6.07, 6.45) is 5.16. The largest absolute Gasteiger partial charge is 0.486 e. The van der Waals surface area contributed by atoms with Crippen LogP contribution in [0.2, 0.25) is 0 Å². The van der Waals surface area contributed by atoms with Gasteiger partial charge in [-0.3, -0.25) is 0 Å². The average Bonchev–Trinajstić information content (AvgIpc) is 3.08. The third-order valence-electron chi connectivity index (χ3n) is 4.85. The molecule has 128 valence electrons. The van der Waals surface area contributed by atoms with E-state index in [9.17, 15) is 4.79 Å². The fraction of sp³-hybridized carbons (Fsp3) is 0.300. The van der Waals surface area contributed by atoms with Crippen LogP contribution < -0.4 is 15.5 Å². The van der Waals surface area contributed by atoms with Crippen molar-refractivity contribution in [3.8, 4) is 5.75 Å². The number of ether oxygens (including phenoxy) is 1. The first-order valence-electron chi connectivity index (χ1n) is 8.71. The minimum atomic E-state index is -0.344. The molecular formula is C20H21N3O2. The van der Waals surface area contributed by atoms with Crippen LogP contribution in [-0.2, 0) is 0 Å². The molecule has 0 atom stereocenters. The predicted octanol–water partition coefficient (Wildman–Crippen LogP) is 4.31. The number of amides is 2. The molecule has 1 fully saturated rings. The van der Waals surface area contributed by atoms with Crippen molar-refractivity contribution < 1.29 is 9.53 Å². The zero-order valence-corrected chi connectivity index (χ0v) is 14.0. The smallest absolute Gasteiger partial charge is 0.339 e. The maximum atomic E-state index is 12.1. The molecule has 0 saturated heterocycles. The van der Waals surface area contributed by atoms with Crippen molar-refractivity contribution in [3.63, 3.8) is 0 Å². The van der Waals surface area contributed by atoms with Crippen LogP contribution in [0.15, 0.2) is 59.7 Å². The van der Waals surface area contributed by atoms with E-state index in [2.05, 4.69) is 15.8 Å². The number of rotatable bonds is 2. The van der Waals surface area contributed by atoms with Crippen molar-refractivity contribution in [2.24, 2.45) is 5.10 Å². The van der Waals surface area contributed by atoms with Crippen LogP contribution in [-0.4, -0.2) is 17.3 Å². The van der Waals surface area contributed by atoms with Gasteiger partial charge in [-0.1, -0.05) is 30.3 Å². The maximum Gasteiger partial charge on any atom is 0.339 e. The maximum absolute atomic E-state index is 12.1. The number of anilines is 1. The minimum Gasteiger partial charge on any atom is -0.486 e. The molecule has 1 spiro atoms. The van der Waals surface area contributed by atoms with Crippen LogP contribution in [0.1, 0.15) is 37.7 Å². The van der Waals surface area contributed by atoms with Crippen molar-refractivity contribution in [1.29, 1.82) is 0 Å². The number of carbonyl (C=O) groups is 1. The lowest BCUT2D eigenvalue weighted by Gasteiger charge is -2.36. The number of hydrazone groups is 1. The number of hydrogen-bond acceptors (Lipinski definition) is 3. The van der Waals surface area contributed by atoms with Crippen molar-refractivity contribution in [3.05, 3.63) is 60.2 Å². The minimum absolute atomic E-state index is 0.162. The van der Waals surface area contributed by atoms with Crippen molar-refractivity contribution in [2.75, 3.05) is 5.32 Å². The van der Waals surface area contributed by atoms with Gasteiger partial charge in [-0.15, -0.1) is 0 Å². The van der Waals surface area contributed by atoms with E-state index in [0.29, 0.717) is 0 Å². The highest BCUT2D eigenvalue weighted by molar-refractivity contribution is 6.05. The molecule has 1 heterocycles. The first-order chi connectivity index (χ1) is 12.2. The summed E-state index contributed by atoms with van der Waals surface area (Å²) >= 11 is 0. The van der Waals surface area contributed by atoms with Crippen LogP contribution in [0.5, 0.6) is 5.75 Å². The van der Waals surface area contributed by atoms with E-state index in [1.165, 1.54) is 12.8 Å². The number of nitrogens with zero attached hydrogens (tertiary/aromatic N) is 1. The molecule has 4 rings (SSSR count). The zero-order chi connectivity index (χ0) is 17.1. The van der Waals surface area contributed by atoms with Gasteiger partial charge in [0.05, 0.1) is 5.71 Å². The van der Waals surface area contributed by atoms with Gasteiger partial charge in [0.2, 0.25) is 0 Å². The average molecular weight is 335 g/mol. The van der Waals surface area contributed by atoms with Gasteiger partial charge < -0.3 is 10.1 Å². The Kier molecular flexibility index (Phi) is 4.14. The Hall–Kier alpha value is -2.82. The third-order valence-corrected chi connectivity index (χ3v) is 4.85. The molecule has 0 unspecified atom stereocenters. The number of urea groups is 1. The second-order valence-electron chi connectivity index (χ2n) is 6.66. The first-order valence-corrected chi connectivity index (χ1v) is 8.71. The Morgan fingerprint density at radius 1 is 1.00 bits per heavy atom. The number of benzene rings is 2. The molecule has 1 aliphatic carbocycles. The summed E-state index contributed by atoms with van der Waals surface area (Å²) in [5.74, 6) is 0.861. The Balaban J connectivity index is 1.53. The predicted molar refractivity (Wildman–Crippen MR) is 98.0 cm³/mol. The topological polar surface area (TPSA) is 62.7 Å². The standard InChI is InChI=1S/C20H21N3O2/c24-19(21-15-8-2-1-3-9-15)23-22-17-14-20(12-6-7-13-20)25-18-11-5-4-10-16(17)18/h1-5,8-11H,6-7,12-14H2,(H2,21,23,24)/b22-17+. The van der Waals surface area contributed by atoms with Crippen LogP contribution in [0.4, 0.5) is 10.5 Å². The van der Waals surface area contributed by atoms with Crippen LogP contribution >= 0.6 is 0 Å². The summed E-state index contributed by atoms with van der Waals surface area (Å²) in [5.41, 5.74) is 5.04. The molecule has 0 radical (unpaired) electrons. The van der Waals surface area contributed by atoms with E-state index < -0.39 is 0 Å². The first kappa shape index (κ1) is 15.7. The summed E-state index contributed by atoms with van der Waals surface area (Å²) in [6.45, 7) is 0. The molecule has 0 aromatic heterocycles. The van der Waals surface area contributed by atoms with Gasteiger partial charge in [-0.05, 0) is 49.9 Å². The van der Waals surface area contributed by atoms with E-state index in [1.807, 2.05) is 54.6 Å². The Morgan fingerprint density at radius 2 is 1.72 bits per heavy atom. The normalized spacial score (nSPS) is 19.3. The molecule has 25 heavy (non-hydrogen) atoms. The van der Waals surface area contributed by atoms with Gasteiger partial charge in [0, 0.05) is 17.7 Å². The SMILES string of the molecule is O=C(N/N=C1\CC2(CCCC2)Oc2ccccc21)Nc1ccccc1. The molecule has 2 aromatic rings. The van der Waals surface area contributed by atoms with Gasteiger partial charge in [0.1, 0.15) is 11.4 Å². The van der Waals surface area contributed by atoms with E-state index in [4.69, 9.17) is 4.74 Å². The fourth-order valence-electron chi connectivity index (χ4n) is 3.66. The van der Waals surface area contributed by atoms with Gasteiger partial charge in [0.15, 0.2) is 0 Å². The monoisotopic (exact) mass is 335 g/mol. The highest BCUT2D eigenvalue weighted by Crippen LogP contribution is 2.42. The quantitative estimate of drug-likeness (QED) is 0.803. The highest BCUT2D eigenvalue weighted by atomic mass is 16.5. The Labute approximate surface area is 147 Å². The summed E-state index contributed by atoms with van der Waals surface area (Å²) in [7, 11) is 0. The summed E-state index contributed by atoms with van der Waals surface area (Å²) in [5, 5.41) is 7.19. The summed E-state index contributed by atoms with van der Waals surface area (Å²) in [6, 6.07) is 16.9. The van der Waals surface area contributed by atoms with Gasteiger partial charge in [-0.25, -0.2) is 10.2 Å². The van der Waals surface area contributed by atoms with E-state index >= 15 is 0 Å². The fourth-order valence-corrected chi connectivity index (χ4v) is 3.66. The third kappa shape index (κ3) is 3.36. The number of hydrogen-bond donors (Lipinski definition) is 2. The van der Waals surface area contributed by atoms with Crippen molar-refractivity contribution in [1.82, 2.24) is 5.43 Å². The molecule has 2 aromatic carbocycles. The second kappa shape index (κ2) is 6.59. The molecule has 2 aliphatic rings. The molecule has 5 heteroatoms. The summed E-state index contributed by atoms with van der Waals surface area (Å²) in [4.78, 5) is 12.1. The number of para-hydroxylation sites is 2. The van der Waals surface area contributed by atoms with Crippen molar-refractivity contribution >= 4 is 17.4 Å². The molecule has 2 N–H and O–H groups in total. The zero-order valence-electron chi connectivity index (χ0n) is 14.0.